The highest BCUT2D eigenvalue weighted by Crippen LogP contribution is 2.19. The fraction of sp³-hybridized carbons (Fsp3) is 0.556. The molecule has 2 heterocycles. The van der Waals surface area contributed by atoms with Crippen LogP contribution in [-0.4, -0.2) is 51.1 Å². The maximum Gasteiger partial charge on any atom is 0.332 e. The van der Waals surface area contributed by atoms with E-state index in [-0.39, 0.29) is 24.2 Å². The van der Waals surface area contributed by atoms with Crippen LogP contribution in [0.1, 0.15) is 23.3 Å². The number of ether oxygens (including phenoxy) is 1. The third-order valence-corrected chi connectivity index (χ3v) is 2.52. The van der Waals surface area contributed by atoms with E-state index in [4.69, 9.17) is 9.84 Å². The number of nitrogens with one attached hydrogen (secondary N) is 2. The average Bonchev–Trinajstić information content (AvgIpc) is 2.97. The van der Waals surface area contributed by atoms with Crippen LogP contribution in [0.2, 0.25) is 0 Å². The van der Waals surface area contributed by atoms with Gasteiger partial charge in [0.25, 0.3) is 5.91 Å². The first-order valence-electron chi connectivity index (χ1n) is 5.19. The molecule has 1 aliphatic heterocycles. The van der Waals surface area contributed by atoms with Crippen LogP contribution in [0.3, 0.4) is 0 Å². The molecule has 1 saturated heterocycles. The number of nitrogens with zero attached hydrogens (tertiary/aromatic N) is 2. The zero-order chi connectivity index (χ0) is 12.3. The molecule has 2 atom stereocenters. The van der Waals surface area contributed by atoms with Crippen LogP contribution in [0.15, 0.2) is 6.20 Å². The number of aliphatic carboxylic acids is 1. The van der Waals surface area contributed by atoms with E-state index in [0.717, 1.165) is 0 Å². The van der Waals surface area contributed by atoms with Crippen molar-refractivity contribution >= 4 is 11.9 Å². The molecule has 0 spiro atoms. The lowest BCUT2D eigenvalue weighted by Gasteiger charge is -2.11. The Bertz CT molecular complexity index is 405. The largest absolute Gasteiger partial charge is 0.479 e. The molecule has 17 heavy (non-hydrogen) atoms. The van der Waals surface area contributed by atoms with Gasteiger partial charge in [-0.05, 0) is 12.8 Å². The number of rotatable bonds is 4. The van der Waals surface area contributed by atoms with Crippen LogP contribution in [0.25, 0.3) is 0 Å². The first-order valence-corrected chi connectivity index (χ1v) is 5.19. The summed E-state index contributed by atoms with van der Waals surface area (Å²) >= 11 is 0. The van der Waals surface area contributed by atoms with Crippen LogP contribution in [0, 0.1) is 0 Å². The fourth-order valence-electron chi connectivity index (χ4n) is 1.65. The minimum Gasteiger partial charge on any atom is -0.479 e. The van der Waals surface area contributed by atoms with Crippen LogP contribution in [0.4, 0.5) is 0 Å². The van der Waals surface area contributed by atoms with Crippen LogP contribution in [0.5, 0.6) is 0 Å². The maximum atomic E-state index is 11.5. The molecule has 92 valence electrons. The van der Waals surface area contributed by atoms with Gasteiger partial charge >= 0.3 is 5.97 Å². The predicted molar refractivity (Wildman–Crippen MR) is 54.2 cm³/mol. The smallest absolute Gasteiger partial charge is 0.332 e. The Labute approximate surface area is 96.3 Å². The zero-order valence-electron chi connectivity index (χ0n) is 8.92. The van der Waals surface area contributed by atoms with Crippen molar-refractivity contribution in [3.05, 3.63) is 11.9 Å². The zero-order valence-corrected chi connectivity index (χ0v) is 8.92. The van der Waals surface area contributed by atoms with Crippen molar-refractivity contribution in [2.24, 2.45) is 0 Å². The molecular formula is C9H12N4O4. The molecule has 1 amide bonds. The number of amides is 1. The minimum absolute atomic E-state index is 0.192. The second kappa shape index (κ2) is 4.91. The highest BCUT2D eigenvalue weighted by atomic mass is 16.5. The Kier molecular flexibility index (Phi) is 3.33. The van der Waals surface area contributed by atoms with Gasteiger partial charge in [0, 0.05) is 6.54 Å². The quantitative estimate of drug-likeness (QED) is 0.632. The molecule has 1 fully saturated rings. The molecule has 2 rings (SSSR count). The van der Waals surface area contributed by atoms with Crippen molar-refractivity contribution in [3.8, 4) is 0 Å². The molecular weight excluding hydrogens is 228 g/mol. The van der Waals surface area contributed by atoms with Crippen molar-refractivity contribution in [1.82, 2.24) is 20.7 Å². The van der Waals surface area contributed by atoms with E-state index in [0.29, 0.717) is 12.8 Å². The number of carbonyl (C=O) groups is 2. The summed E-state index contributed by atoms with van der Waals surface area (Å²) < 4.78 is 5.23. The second-order valence-corrected chi connectivity index (χ2v) is 3.73. The van der Waals surface area contributed by atoms with E-state index in [1.54, 1.807) is 0 Å². The van der Waals surface area contributed by atoms with Gasteiger partial charge in [-0.3, -0.25) is 4.79 Å². The molecule has 8 heteroatoms. The van der Waals surface area contributed by atoms with E-state index < -0.39 is 12.1 Å². The number of carbonyl (C=O) groups excluding carboxylic acids is 1. The van der Waals surface area contributed by atoms with Gasteiger partial charge in [-0.15, -0.1) is 0 Å². The molecule has 3 N–H and O–H groups in total. The molecule has 0 aliphatic carbocycles. The number of aromatic amines is 1. The molecule has 2 unspecified atom stereocenters. The number of aromatic nitrogens is 3. The van der Waals surface area contributed by atoms with E-state index in [1.165, 1.54) is 6.20 Å². The average molecular weight is 240 g/mol. The molecule has 1 aliphatic rings. The van der Waals surface area contributed by atoms with Gasteiger partial charge in [0.05, 0.1) is 12.3 Å². The SMILES string of the molecule is O=C(NCC1CCC(C(=O)O)O1)c1cn[nH]n1. The number of carboxylic acid groups (broad SMARTS) is 1. The van der Waals surface area contributed by atoms with Crippen LogP contribution >= 0.6 is 0 Å². The number of hydrogen-bond donors (Lipinski definition) is 3. The summed E-state index contributed by atoms with van der Waals surface area (Å²) in [6.45, 7) is 0.273. The summed E-state index contributed by atoms with van der Waals surface area (Å²) in [5.74, 6) is -1.32. The summed E-state index contributed by atoms with van der Waals surface area (Å²) in [7, 11) is 0. The topological polar surface area (TPSA) is 117 Å². The number of H-pyrrole nitrogens is 1. The van der Waals surface area contributed by atoms with E-state index in [9.17, 15) is 9.59 Å². The highest BCUT2D eigenvalue weighted by Gasteiger charge is 2.30. The predicted octanol–water partition coefficient (Wildman–Crippen LogP) is -0.833. The second-order valence-electron chi connectivity index (χ2n) is 3.73. The van der Waals surface area contributed by atoms with Gasteiger partial charge < -0.3 is 15.2 Å². The maximum absolute atomic E-state index is 11.5. The van der Waals surface area contributed by atoms with Crippen LogP contribution < -0.4 is 5.32 Å². The third kappa shape index (κ3) is 2.78. The molecule has 1 aromatic rings. The van der Waals surface area contributed by atoms with E-state index in [1.807, 2.05) is 0 Å². The lowest BCUT2D eigenvalue weighted by atomic mass is 10.2. The van der Waals surface area contributed by atoms with Crippen LogP contribution in [-0.2, 0) is 9.53 Å². The summed E-state index contributed by atoms with van der Waals surface area (Å²) in [6, 6.07) is 0. The van der Waals surface area contributed by atoms with Crippen molar-refractivity contribution in [3.63, 3.8) is 0 Å². The number of hydrogen-bond acceptors (Lipinski definition) is 5. The van der Waals surface area contributed by atoms with E-state index >= 15 is 0 Å². The minimum atomic E-state index is -0.963. The van der Waals surface area contributed by atoms with Gasteiger partial charge in [0.1, 0.15) is 0 Å². The molecule has 8 nitrogen and oxygen atoms in total. The van der Waals surface area contributed by atoms with Crippen molar-refractivity contribution in [1.29, 1.82) is 0 Å². The summed E-state index contributed by atoms with van der Waals surface area (Å²) in [6.07, 6.45) is 1.39. The van der Waals surface area contributed by atoms with Crippen molar-refractivity contribution < 1.29 is 19.4 Å². The molecule has 0 radical (unpaired) electrons. The molecule has 0 aromatic carbocycles. The Balaban J connectivity index is 1.76. The molecule has 0 bridgehead atoms. The molecule has 1 aromatic heterocycles. The van der Waals surface area contributed by atoms with Gasteiger partial charge in [-0.25, -0.2) is 4.79 Å². The first kappa shape index (κ1) is 11.5. The van der Waals surface area contributed by atoms with Crippen molar-refractivity contribution in [2.45, 2.75) is 25.0 Å². The lowest BCUT2D eigenvalue weighted by molar-refractivity contribution is -0.149. The summed E-state index contributed by atoms with van der Waals surface area (Å²) in [5, 5.41) is 20.8. The first-order chi connectivity index (χ1) is 8.16. The lowest BCUT2D eigenvalue weighted by Crippen LogP contribution is -2.33. The van der Waals surface area contributed by atoms with Gasteiger partial charge in [-0.2, -0.15) is 15.4 Å². The van der Waals surface area contributed by atoms with Gasteiger partial charge in [-0.1, -0.05) is 0 Å². The third-order valence-electron chi connectivity index (χ3n) is 2.52. The monoisotopic (exact) mass is 240 g/mol. The normalized spacial score (nSPS) is 23.5. The van der Waals surface area contributed by atoms with Gasteiger partial charge in [0.2, 0.25) is 0 Å². The Morgan fingerprint density at radius 1 is 1.59 bits per heavy atom. The standard InChI is InChI=1S/C9H12N4O4/c14-8(6-4-11-13-12-6)10-3-5-1-2-7(17-5)9(15)16/h4-5,7H,1-3H2,(H,10,14)(H,15,16)(H,11,12,13). The Morgan fingerprint density at radius 2 is 2.41 bits per heavy atom. The Morgan fingerprint density at radius 3 is 3.00 bits per heavy atom. The summed E-state index contributed by atoms with van der Waals surface area (Å²) in [4.78, 5) is 22.1. The number of carboxylic acids is 1. The summed E-state index contributed by atoms with van der Waals surface area (Å²) in [5.41, 5.74) is 0.192. The van der Waals surface area contributed by atoms with E-state index in [2.05, 4.69) is 20.7 Å². The fourth-order valence-corrected chi connectivity index (χ4v) is 1.65. The van der Waals surface area contributed by atoms with Gasteiger partial charge in [0.15, 0.2) is 11.8 Å². The van der Waals surface area contributed by atoms with Crippen molar-refractivity contribution in [2.75, 3.05) is 6.54 Å². The Hall–Kier alpha value is -1.96. The molecule has 0 saturated carbocycles. The highest BCUT2D eigenvalue weighted by molar-refractivity contribution is 5.91.